The lowest BCUT2D eigenvalue weighted by Gasteiger charge is -2.22. The summed E-state index contributed by atoms with van der Waals surface area (Å²) in [5.41, 5.74) is 3.32. The Kier molecular flexibility index (Phi) is 7.29. The summed E-state index contributed by atoms with van der Waals surface area (Å²) in [5.74, 6) is 1.26. The van der Waals surface area contributed by atoms with E-state index in [4.69, 9.17) is 9.47 Å². The minimum atomic E-state index is -0.473. The molecule has 1 atom stereocenters. The molecule has 0 spiro atoms. The van der Waals surface area contributed by atoms with Crippen LogP contribution in [0.4, 0.5) is 5.69 Å². The molecule has 1 aromatic heterocycles. The normalized spacial score (nSPS) is 14.6. The zero-order valence-electron chi connectivity index (χ0n) is 17.6. The van der Waals surface area contributed by atoms with E-state index in [1.54, 1.807) is 0 Å². The molecule has 0 radical (unpaired) electrons. The Hall–Kier alpha value is -2.32. The molecule has 0 saturated carbocycles. The Morgan fingerprint density at radius 3 is 2.84 bits per heavy atom. The molecule has 4 rings (SSSR count). The Bertz CT molecular complexity index is 1050. The van der Waals surface area contributed by atoms with Gasteiger partial charge in [0.1, 0.15) is 5.75 Å². The van der Waals surface area contributed by atoms with Crippen molar-refractivity contribution in [3.8, 4) is 22.9 Å². The number of nitrogens with zero attached hydrogens (tertiary/aromatic N) is 3. The summed E-state index contributed by atoms with van der Waals surface area (Å²) in [5, 5.41) is 12.7. The molecule has 1 N–H and O–H groups in total. The number of unbranched alkanes of at least 4 members (excludes halogenated alkanes) is 3. The lowest BCUT2D eigenvalue weighted by Crippen LogP contribution is -2.18. The molecule has 8 heteroatoms. The number of nitrogens with one attached hydrogen (secondary N) is 1. The molecule has 162 valence electrons. The molecule has 31 heavy (non-hydrogen) atoms. The van der Waals surface area contributed by atoms with Crippen LogP contribution in [0.15, 0.2) is 52.1 Å². The van der Waals surface area contributed by atoms with E-state index in [1.165, 1.54) is 31.0 Å². The first-order chi connectivity index (χ1) is 15.2. The molecule has 1 aliphatic heterocycles. The minimum Gasteiger partial charge on any atom is -0.493 e. The van der Waals surface area contributed by atoms with E-state index in [9.17, 15) is 0 Å². The fourth-order valence-corrected chi connectivity index (χ4v) is 4.09. The molecule has 0 bridgehead atoms. The highest BCUT2D eigenvalue weighted by atomic mass is 79.9. The Morgan fingerprint density at radius 1 is 1.13 bits per heavy atom. The zero-order valence-corrected chi connectivity index (χ0v) is 20.0. The number of anilines is 1. The lowest BCUT2D eigenvalue weighted by atomic mass is 10.1. The lowest BCUT2D eigenvalue weighted by molar-refractivity contribution is 0.215. The van der Waals surface area contributed by atoms with Crippen LogP contribution in [0.1, 0.15) is 44.4 Å². The number of para-hydroxylation sites is 1. The Labute approximate surface area is 195 Å². The largest absolute Gasteiger partial charge is 0.493 e. The maximum Gasteiger partial charge on any atom is 0.247 e. The summed E-state index contributed by atoms with van der Waals surface area (Å²) < 4.78 is 13.4. The molecule has 1 aliphatic rings. The number of hydrogen-bond donors (Lipinski definition) is 1. The van der Waals surface area contributed by atoms with Crippen molar-refractivity contribution in [3.05, 3.63) is 52.5 Å². The number of ether oxygens (including phenoxy) is 2. The molecule has 2 heterocycles. The summed E-state index contributed by atoms with van der Waals surface area (Å²) in [6.07, 6.45) is 6.09. The van der Waals surface area contributed by atoms with Gasteiger partial charge in [-0.2, -0.15) is 4.98 Å². The number of rotatable bonds is 8. The van der Waals surface area contributed by atoms with Crippen molar-refractivity contribution >= 4 is 33.4 Å². The average Bonchev–Trinajstić information content (AvgIpc) is 2.95. The first-order valence-electron chi connectivity index (χ1n) is 10.4. The van der Waals surface area contributed by atoms with Crippen molar-refractivity contribution in [2.24, 2.45) is 0 Å². The van der Waals surface area contributed by atoms with Crippen LogP contribution in [0.5, 0.6) is 11.6 Å². The van der Waals surface area contributed by atoms with Gasteiger partial charge in [0.15, 0.2) is 5.69 Å². The average molecular weight is 501 g/mol. The third-order valence-corrected chi connectivity index (χ3v) is 6.06. The second kappa shape index (κ2) is 10.3. The van der Waals surface area contributed by atoms with Crippen molar-refractivity contribution in [3.63, 3.8) is 0 Å². The van der Waals surface area contributed by atoms with Crippen LogP contribution in [0.2, 0.25) is 0 Å². The molecule has 0 amide bonds. The fourth-order valence-electron chi connectivity index (χ4n) is 3.44. The highest BCUT2D eigenvalue weighted by Gasteiger charge is 2.28. The summed E-state index contributed by atoms with van der Waals surface area (Å²) in [6, 6.07) is 14.0. The Morgan fingerprint density at radius 2 is 2.00 bits per heavy atom. The number of benzene rings is 2. The van der Waals surface area contributed by atoms with Crippen LogP contribution in [-0.4, -0.2) is 28.0 Å². The number of halogens is 1. The van der Waals surface area contributed by atoms with Crippen LogP contribution >= 0.6 is 27.7 Å². The molecular formula is C23H25BrN4O2S. The predicted molar refractivity (Wildman–Crippen MR) is 128 cm³/mol. The van der Waals surface area contributed by atoms with Gasteiger partial charge in [0.2, 0.25) is 17.3 Å². The van der Waals surface area contributed by atoms with Crippen LogP contribution in [0, 0.1) is 0 Å². The van der Waals surface area contributed by atoms with Gasteiger partial charge in [-0.25, -0.2) is 0 Å². The second-order valence-corrected chi connectivity index (χ2v) is 8.92. The smallest absolute Gasteiger partial charge is 0.247 e. The van der Waals surface area contributed by atoms with Crippen LogP contribution in [0.3, 0.4) is 0 Å². The number of fused-ring (bicyclic) bond motifs is 3. The van der Waals surface area contributed by atoms with Gasteiger partial charge in [-0.05, 0) is 43.0 Å². The maximum atomic E-state index is 6.36. The summed E-state index contributed by atoms with van der Waals surface area (Å²) in [4.78, 5) is 4.59. The van der Waals surface area contributed by atoms with Crippen LogP contribution in [0.25, 0.3) is 11.3 Å². The summed E-state index contributed by atoms with van der Waals surface area (Å²) in [7, 11) is 0. The third-order valence-electron chi connectivity index (χ3n) is 5.03. The molecular weight excluding hydrogens is 476 g/mol. The van der Waals surface area contributed by atoms with E-state index < -0.39 is 6.23 Å². The molecule has 0 fully saturated rings. The Balaban J connectivity index is 1.68. The first-order valence-corrected chi connectivity index (χ1v) is 12.4. The number of thioether (sulfide) groups is 1. The molecule has 0 saturated heterocycles. The quantitative estimate of drug-likeness (QED) is 0.280. The van der Waals surface area contributed by atoms with E-state index in [1.807, 2.05) is 48.7 Å². The van der Waals surface area contributed by atoms with Crippen molar-refractivity contribution in [2.75, 3.05) is 18.2 Å². The van der Waals surface area contributed by atoms with Crippen molar-refractivity contribution < 1.29 is 9.47 Å². The van der Waals surface area contributed by atoms with Crippen molar-refractivity contribution in [1.82, 2.24) is 15.2 Å². The minimum absolute atomic E-state index is 0.450. The van der Waals surface area contributed by atoms with E-state index in [0.29, 0.717) is 23.3 Å². The van der Waals surface area contributed by atoms with E-state index >= 15 is 0 Å². The second-order valence-electron chi connectivity index (χ2n) is 7.23. The standard InChI is InChI=1S/C23H25BrN4O2S/c1-3-4-5-8-13-29-19-10-7-6-9-16(19)21-25-18-12-11-15(24)14-17(18)20-22(30-21)26-23(31-2)28-27-20/h6-7,9-12,14,21,25H,3-5,8,13H2,1-2H3/t21-/m1/s1. The molecule has 0 unspecified atom stereocenters. The van der Waals surface area contributed by atoms with Gasteiger partial charge in [0, 0.05) is 15.7 Å². The number of hydrogen-bond acceptors (Lipinski definition) is 7. The highest BCUT2D eigenvalue weighted by molar-refractivity contribution is 9.10. The van der Waals surface area contributed by atoms with Crippen LogP contribution in [-0.2, 0) is 0 Å². The first kappa shape index (κ1) is 21.9. The zero-order chi connectivity index (χ0) is 21.6. The van der Waals surface area contributed by atoms with Gasteiger partial charge < -0.3 is 14.8 Å². The monoisotopic (exact) mass is 500 g/mol. The SMILES string of the molecule is CCCCCCOc1ccccc1[C@@H]1Nc2ccc(Br)cc2-c2nnc(SC)nc2O1. The summed E-state index contributed by atoms with van der Waals surface area (Å²) >= 11 is 4.98. The van der Waals surface area contributed by atoms with Crippen molar-refractivity contribution in [2.45, 2.75) is 44.0 Å². The van der Waals surface area contributed by atoms with Gasteiger partial charge in [-0.3, -0.25) is 0 Å². The van der Waals surface area contributed by atoms with E-state index in [-0.39, 0.29) is 0 Å². The van der Waals surface area contributed by atoms with E-state index in [2.05, 4.69) is 43.4 Å². The molecule has 6 nitrogen and oxygen atoms in total. The van der Waals surface area contributed by atoms with Crippen LogP contribution < -0.4 is 14.8 Å². The van der Waals surface area contributed by atoms with Crippen molar-refractivity contribution in [1.29, 1.82) is 0 Å². The van der Waals surface area contributed by atoms with Gasteiger partial charge in [-0.1, -0.05) is 66.0 Å². The third kappa shape index (κ3) is 5.13. The summed E-state index contributed by atoms with van der Waals surface area (Å²) in [6.45, 7) is 2.89. The highest BCUT2D eigenvalue weighted by Crippen LogP contribution is 2.42. The van der Waals surface area contributed by atoms with E-state index in [0.717, 1.165) is 33.5 Å². The van der Waals surface area contributed by atoms with Gasteiger partial charge in [0.05, 0.1) is 12.2 Å². The molecule has 2 aromatic carbocycles. The fraction of sp³-hybridized carbons (Fsp3) is 0.348. The van der Waals surface area contributed by atoms with Gasteiger partial charge >= 0.3 is 0 Å². The number of aromatic nitrogens is 3. The topological polar surface area (TPSA) is 69.2 Å². The predicted octanol–water partition coefficient (Wildman–Crippen LogP) is 6.49. The molecule has 3 aromatic rings. The maximum absolute atomic E-state index is 6.36. The van der Waals surface area contributed by atoms with Gasteiger partial charge in [0.25, 0.3) is 0 Å². The van der Waals surface area contributed by atoms with Gasteiger partial charge in [-0.15, -0.1) is 10.2 Å². The molecule has 0 aliphatic carbocycles.